The molecule has 2 atom stereocenters. The summed E-state index contributed by atoms with van der Waals surface area (Å²) in [5.41, 5.74) is 0.644. The third-order valence-corrected chi connectivity index (χ3v) is 14.5. The van der Waals surface area contributed by atoms with E-state index in [2.05, 4.69) is 45.0 Å². The normalized spacial score (nSPS) is 17.5. The molecule has 6 nitrogen and oxygen atoms in total. The molecule has 0 N–H and O–H groups in total. The third kappa shape index (κ3) is 6.45. The molecule has 1 aliphatic rings. The lowest BCUT2D eigenvalue weighted by atomic mass is 10.1. The molecule has 5 rings (SSSR count). The second-order valence-corrected chi connectivity index (χ2v) is 17.6. The highest BCUT2D eigenvalue weighted by Crippen LogP contribution is 2.49. The largest absolute Gasteiger partial charge is 0.396 e. The summed E-state index contributed by atoms with van der Waals surface area (Å²) in [5, 5.41) is 7.82. The average Bonchev–Trinajstić information content (AvgIpc) is 3.45. The quantitative estimate of drug-likeness (QED) is 0.103. The molecule has 0 radical (unpaired) electrons. The number of carbonyl (C=O) groups is 1. The van der Waals surface area contributed by atoms with Gasteiger partial charge in [0.1, 0.15) is 29.6 Å². The molecule has 4 aromatic rings. The van der Waals surface area contributed by atoms with Gasteiger partial charge in [0.2, 0.25) is 0 Å². The topological polar surface area (TPSA) is 60.4 Å². The van der Waals surface area contributed by atoms with Crippen LogP contribution in [0.4, 0.5) is 8.78 Å². The molecule has 1 heterocycles. The van der Waals surface area contributed by atoms with Crippen molar-refractivity contribution in [3.05, 3.63) is 132 Å². The zero-order valence-corrected chi connectivity index (χ0v) is 28.4. The summed E-state index contributed by atoms with van der Waals surface area (Å²) in [5.74, 6) is -1.72. The van der Waals surface area contributed by atoms with Gasteiger partial charge in [-0.15, -0.1) is 0 Å². The van der Waals surface area contributed by atoms with Crippen molar-refractivity contribution in [3.8, 4) is 0 Å². The van der Waals surface area contributed by atoms with Crippen molar-refractivity contribution in [2.45, 2.75) is 43.7 Å². The van der Waals surface area contributed by atoms with E-state index in [0.29, 0.717) is 5.56 Å². The van der Waals surface area contributed by atoms with Crippen molar-refractivity contribution in [1.29, 1.82) is 0 Å². The van der Waals surface area contributed by atoms with E-state index in [9.17, 15) is 9.18 Å². The smallest absolute Gasteiger partial charge is 0.272 e. The summed E-state index contributed by atoms with van der Waals surface area (Å²) in [7, 11) is -1.64. The number of methoxy groups -OCH3 is 1. The van der Waals surface area contributed by atoms with Gasteiger partial charge in [-0.05, 0) is 46.1 Å². The maximum atomic E-state index is 15.2. The van der Waals surface area contributed by atoms with Crippen molar-refractivity contribution in [2.24, 2.45) is 5.10 Å². The van der Waals surface area contributed by atoms with Gasteiger partial charge < -0.3 is 13.9 Å². The van der Waals surface area contributed by atoms with E-state index in [1.165, 1.54) is 12.1 Å². The van der Waals surface area contributed by atoms with E-state index >= 15 is 4.39 Å². The van der Waals surface area contributed by atoms with Crippen LogP contribution in [0.25, 0.3) is 0 Å². The van der Waals surface area contributed by atoms with Crippen LogP contribution in [0.1, 0.15) is 38.8 Å². The Labute approximate surface area is 274 Å². The summed E-state index contributed by atoms with van der Waals surface area (Å²) < 4.78 is 47.8. The Balaban J connectivity index is 1.65. The Kier molecular flexibility index (Phi) is 10.2. The Hall–Kier alpha value is -3.67. The molecule has 240 valence electrons. The van der Waals surface area contributed by atoms with Crippen LogP contribution in [-0.2, 0) is 23.6 Å². The number of hydrogen-bond donors (Lipinski definition) is 0. The Morgan fingerprint density at radius 2 is 1.48 bits per heavy atom. The average molecular weight is 661 g/mol. The van der Waals surface area contributed by atoms with Crippen LogP contribution in [0.2, 0.25) is 5.04 Å². The molecule has 0 bridgehead atoms. The van der Waals surface area contributed by atoms with Crippen molar-refractivity contribution in [2.75, 3.05) is 20.5 Å². The minimum atomic E-state index is -3.14. The highest BCUT2D eigenvalue weighted by molar-refractivity contribution is 8.15. The van der Waals surface area contributed by atoms with Gasteiger partial charge >= 0.3 is 0 Å². The van der Waals surface area contributed by atoms with Gasteiger partial charge in [-0.2, -0.15) is 5.10 Å². The van der Waals surface area contributed by atoms with Crippen LogP contribution in [-0.4, -0.2) is 50.9 Å². The minimum absolute atomic E-state index is 0.0445. The molecule has 0 saturated carbocycles. The monoisotopic (exact) mass is 660 g/mol. The van der Waals surface area contributed by atoms with Gasteiger partial charge in [-0.25, -0.2) is 13.8 Å². The molecular formula is C36H38F2N2O4SSi. The fourth-order valence-electron chi connectivity index (χ4n) is 5.89. The summed E-state index contributed by atoms with van der Waals surface area (Å²) in [6.45, 7) is 8.05. The maximum absolute atomic E-state index is 15.2. The number of halogens is 2. The predicted octanol–water partition coefficient (Wildman–Crippen LogP) is 6.64. The number of hydrazone groups is 1. The summed E-state index contributed by atoms with van der Waals surface area (Å²) in [6, 6.07) is 32.6. The van der Waals surface area contributed by atoms with Crippen LogP contribution in [0.5, 0.6) is 0 Å². The lowest BCUT2D eigenvalue weighted by Crippen LogP contribution is -2.68. The predicted molar refractivity (Wildman–Crippen MR) is 181 cm³/mol. The van der Waals surface area contributed by atoms with Crippen molar-refractivity contribution in [1.82, 2.24) is 5.01 Å². The second kappa shape index (κ2) is 14.0. The number of rotatable bonds is 11. The number of ether oxygens (including phenoxy) is 2. The van der Waals surface area contributed by atoms with E-state index in [1.54, 1.807) is 6.92 Å². The molecule has 46 heavy (non-hydrogen) atoms. The van der Waals surface area contributed by atoms with Gasteiger partial charge in [0.05, 0.1) is 6.61 Å². The number of benzene rings is 4. The Morgan fingerprint density at radius 3 is 2.02 bits per heavy atom. The van der Waals surface area contributed by atoms with Crippen molar-refractivity contribution in [3.63, 3.8) is 0 Å². The van der Waals surface area contributed by atoms with Crippen LogP contribution in [0, 0.1) is 11.6 Å². The number of amides is 1. The van der Waals surface area contributed by atoms with Gasteiger partial charge in [0, 0.05) is 12.7 Å². The van der Waals surface area contributed by atoms with Gasteiger partial charge in [-0.1, -0.05) is 124 Å². The highest BCUT2D eigenvalue weighted by Gasteiger charge is 2.55. The van der Waals surface area contributed by atoms with E-state index in [4.69, 9.17) is 19.0 Å². The first-order valence-corrected chi connectivity index (χ1v) is 17.7. The van der Waals surface area contributed by atoms with Crippen LogP contribution in [0.15, 0.2) is 114 Å². The third-order valence-electron chi connectivity index (χ3n) is 8.01. The molecular weight excluding hydrogens is 623 g/mol. The van der Waals surface area contributed by atoms with Gasteiger partial charge in [-0.3, -0.25) is 4.79 Å². The van der Waals surface area contributed by atoms with Crippen LogP contribution >= 0.6 is 11.8 Å². The lowest BCUT2D eigenvalue weighted by molar-refractivity contribution is -0.145. The molecule has 1 aliphatic heterocycles. The standard InChI is InChI=1S/C36H38F2N2O4SSi/c1-26(44-46(35(2,3)4,29-17-11-7-12-18-29)30-19-13-8-14-20-30)34(41)40-36(24-43-25-42-5,27-15-9-6-10-16-27)45-33(39-40)31-23-28(37)21-22-32(31)38/h6-23,26H,24-25H2,1-5H3/t26-,36-/m0/s1. The highest BCUT2D eigenvalue weighted by atomic mass is 32.2. The molecule has 0 spiro atoms. The first-order valence-electron chi connectivity index (χ1n) is 15.0. The summed E-state index contributed by atoms with van der Waals surface area (Å²) in [6.07, 6.45) is -0.988. The molecule has 4 aromatic carbocycles. The SMILES string of the molecule is COCOC[C@@]1(c2ccccc2)SC(c2cc(F)ccc2F)=NN1C(=O)[C@H](C)O[Si](c1ccccc1)(c1ccccc1)C(C)(C)C. The molecule has 0 unspecified atom stereocenters. The fourth-order valence-corrected chi connectivity index (χ4v) is 11.9. The van der Waals surface area contributed by atoms with Crippen molar-refractivity contribution < 1.29 is 27.5 Å². The van der Waals surface area contributed by atoms with Gasteiger partial charge in [0.25, 0.3) is 14.2 Å². The number of hydrogen-bond acceptors (Lipinski definition) is 6. The molecule has 0 saturated heterocycles. The van der Waals surface area contributed by atoms with E-state index in [0.717, 1.165) is 40.3 Å². The number of nitrogens with zero attached hydrogens (tertiary/aromatic N) is 2. The number of carbonyl (C=O) groups excluding carboxylic acids is 1. The minimum Gasteiger partial charge on any atom is -0.396 e. The molecule has 1 amide bonds. The molecule has 0 fully saturated rings. The van der Waals surface area contributed by atoms with E-state index in [1.807, 2.05) is 66.7 Å². The first-order chi connectivity index (χ1) is 22.0. The molecule has 10 heteroatoms. The second-order valence-electron chi connectivity index (χ2n) is 12.1. The summed E-state index contributed by atoms with van der Waals surface area (Å²) >= 11 is 1.13. The lowest BCUT2D eigenvalue weighted by Gasteiger charge is -2.45. The fraction of sp³-hybridized carbons (Fsp3) is 0.278. The number of thioether (sulfide) groups is 1. The Bertz CT molecular complexity index is 1630. The first kappa shape index (κ1) is 33.7. The van der Waals surface area contributed by atoms with Crippen LogP contribution in [0.3, 0.4) is 0 Å². The van der Waals surface area contributed by atoms with Gasteiger partial charge in [0.15, 0.2) is 4.87 Å². The summed E-state index contributed by atoms with van der Waals surface area (Å²) in [4.78, 5) is 13.5. The Morgan fingerprint density at radius 1 is 0.913 bits per heavy atom. The van der Waals surface area contributed by atoms with Crippen molar-refractivity contribution >= 4 is 41.4 Å². The van der Waals surface area contributed by atoms with E-state index < -0.39 is 36.8 Å². The van der Waals surface area contributed by atoms with E-state index in [-0.39, 0.29) is 29.0 Å². The molecule has 0 aliphatic carbocycles. The zero-order chi connectivity index (χ0) is 33.0. The molecule has 0 aromatic heterocycles. The van der Waals surface area contributed by atoms with Crippen LogP contribution < -0.4 is 10.4 Å². The maximum Gasteiger partial charge on any atom is 0.272 e. The zero-order valence-electron chi connectivity index (χ0n) is 26.6.